The van der Waals surface area contributed by atoms with Crippen LogP contribution in [0.4, 0.5) is 5.69 Å². The predicted octanol–water partition coefficient (Wildman–Crippen LogP) is 5.78. The third-order valence-electron chi connectivity index (χ3n) is 6.30. The molecule has 0 saturated carbocycles. The average molecular weight is 450 g/mol. The van der Waals surface area contributed by atoms with Crippen molar-refractivity contribution in [1.29, 1.82) is 0 Å². The van der Waals surface area contributed by atoms with E-state index in [-0.39, 0.29) is 11.3 Å². The number of methoxy groups -OCH3 is 1. The van der Waals surface area contributed by atoms with Gasteiger partial charge < -0.3 is 9.84 Å². The number of amides is 1. The SMILES string of the molecule is COc1ccccc1C1/C(=C(\O)c2cccc3ccccc23)C(=O)C(=O)N1c1ccccc1C. The number of ether oxygens (including phenoxy) is 1. The molecule has 1 aliphatic heterocycles. The Kier molecular flexibility index (Phi) is 5.38. The first-order valence-corrected chi connectivity index (χ1v) is 11.0. The van der Waals surface area contributed by atoms with Gasteiger partial charge in [-0.15, -0.1) is 0 Å². The summed E-state index contributed by atoms with van der Waals surface area (Å²) in [5.74, 6) is -1.10. The minimum atomic E-state index is -0.851. The number of hydrogen-bond donors (Lipinski definition) is 1. The third-order valence-corrected chi connectivity index (χ3v) is 6.30. The Hall–Kier alpha value is -4.38. The second-order valence-corrected chi connectivity index (χ2v) is 8.22. The van der Waals surface area contributed by atoms with Crippen molar-refractivity contribution in [3.63, 3.8) is 0 Å². The van der Waals surface area contributed by atoms with E-state index in [9.17, 15) is 14.7 Å². The van der Waals surface area contributed by atoms with Gasteiger partial charge in [0.15, 0.2) is 0 Å². The monoisotopic (exact) mass is 449 g/mol. The largest absolute Gasteiger partial charge is 0.507 e. The topological polar surface area (TPSA) is 66.8 Å². The normalized spacial score (nSPS) is 17.4. The Morgan fingerprint density at radius 2 is 1.53 bits per heavy atom. The molecule has 1 unspecified atom stereocenters. The van der Waals surface area contributed by atoms with Gasteiger partial charge in [0.2, 0.25) is 0 Å². The van der Waals surface area contributed by atoms with Crippen molar-refractivity contribution in [3.05, 3.63) is 113 Å². The van der Waals surface area contributed by atoms with Gasteiger partial charge in [0, 0.05) is 16.8 Å². The van der Waals surface area contributed by atoms with Crippen molar-refractivity contribution < 1.29 is 19.4 Å². The highest BCUT2D eigenvalue weighted by Crippen LogP contribution is 2.46. The number of Topliss-reactive ketones (excluding diaryl/α,β-unsaturated/α-hetero) is 1. The fraction of sp³-hybridized carbons (Fsp3) is 0.103. The minimum absolute atomic E-state index is 0.0362. The Labute approximate surface area is 197 Å². The van der Waals surface area contributed by atoms with Crippen LogP contribution in [0.25, 0.3) is 16.5 Å². The Balaban J connectivity index is 1.82. The van der Waals surface area contributed by atoms with Crippen molar-refractivity contribution in [1.82, 2.24) is 0 Å². The molecule has 1 aliphatic rings. The highest BCUT2D eigenvalue weighted by Gasteiger charge is 2.48. The van der Waals surface area contributed by atoms with Crippen molar-refractivity contribution in [3.8, 4) is 5.75 Å². The summed E-state index contributed by atoms with van der Waals surface area (Å²) < 4.78 is 5.59. The molecular formula is C29H23NO4. The number of carbonyl (C=O) groups is 2. The highest BCUT2D eigenvalue weighted by molar-refractivity contribution is 6.52. The predicted molar refractivity (Wildman–Crippen MR) is 133 cm³/mol. The third kappa shape index (κ3) is 3.33. The number of aliphatic hydroxyl groups excluding tert-OH is 1. The van der Waals surface area contributed by atoms with E-state index in [1.807, 2.05) is 79.7 Å². The zero-order valence-corrected chi connectivity index (χ0v) is 18.9. The van der Waals surface area contributed by atoms with Crippen LogP contribution in [0.1, 0.15) is 22.7 Å². The zero-order valence-electron chi connectivity index (χ0n) is 18.9. The lowest BCUT2D eigenvalue weighted by molar-refractivity contribution is -0.132. The standard InChI is InChI=1S/C29H23NO4/c1-18-10-3-7-16-23(18)30-26(22-14-6-8-17-24(22)34-2)25(28(32)29(30)33)27(31)21-15-9-12-19-11-4-5-13-20(19)21/h3-17,26,31H,1-2H3/b27-25+. The van der Waals surface area contributed by atoms with Crippen LogP contribution in [0.2, 0.25) is 0 Å². The molecule has 168 valence electrons. The number of rotatable bonds is 4. The molecule has 5 nitrogen and oxygen atoms in total. The first kappa shape index (κ1) is 21.5. The summed E-state index contributed by atoms with van der Waals surface area (Å²) >= 11 is 0. The van der Waals surface area contributed by atoms with Crippen LogP contribution in [0.15, 0.2) is 96.6 Å². The molecule has 0 aliphatic carbocycles. The quantitative estimate of drug-likeness (QED) is 0.244. The Morgan fingerprint density at radius 1 is 0.853 bits per heavy atom. The number of aryl methyl sites for hydroxylation is 1. The van der Waals surface area contributed by atoms with E-state index in [0.29, 0.717) is 22.6 Å². The molecule has 5 rings (SSSR count). The van der Waals surface area contributed by atoms with Crippen molar-refractivity contribution in [2.75, 3.05) is 12.0 Å². The van der Waals surface area contributed by atoms with Gasteiger partial charge in [0.05, 0.1) is 18.7 Å². The number of fused-ring (bicyclic) bond motifs is 1. The summed E-state index contributed by atoms with van der Waals surface area (Å²) in [4.78, 5) is 28.4. The first-order valence-electron chi connectivity index (χ1n) is 11.0. The van der Waals surface area contributed by atoms with Crippen molar-refractivity contribution >= 4 is 33.9 Å². The zero-order chi connectivity index (χ0) is 23.8. The van der Waals surface area contributed by atoms with E-state index in [0.717, 1.165) is 16.3 Å². The second-order valence-electron chi connectivity index (χ2n) is 8.22. The minimum Gasteiger partial charge on any atom is -0.507 e. The van der Waals surface area contributed by atoms with E-state index in [2.05, 4.69) is 0 Å². The lowest BCUT2D eigenvalue weighted by Crippen LogP contribution is -2.30. The summed E-state index contributed by atoms with van der Waals surface area (Å²) in [5, 5.41) is 13.3. The molecule has 1 fully saturated rings. The number of nitrogens with zero attached hydrogens (tertiary/aromatic N) is 1. The number of aliphatic hydroxyl groups is 1. The van der Waals surface area contributed by atoms with Gasteiger partial charge in [-0.3, -0.25) is 14.5 Å². The highest BCUT2D eigenvalue weighted by atomic mass is 16.5. The van der Waals surface area contributed by atoms with Gasteiger partial charge in [-0.2, -0.15) is 0 Å². The van der Waals surface area contributed by atoms with Gasteiger partial charge in [0.1, 0.15) is 11.5 Å². The first-order chi connectivity index (χ1) is 16.5. The molecule has 0 bridgehead atoms. The number of hydrogen-bond acceptors (Lipinski definition) is 4. The molecule has 0 aromatic heterocycles. The van der Waals surface area contributed by atoms with Crippen LogP contribution in [-0.2, 0) is 9.59 Å². The number of anilines is 1. The fourth-order valence-electron chi connectivity index (χ4n) is 4.68. The van der Waals surface area contributed by atoms with Crippen molar-refractivity contribution in [2.24, 2.45) is 0 Å². The molecule has 1 saturated heterocycles. The smallest absolute Gasteiger partial charge is 0.300 e. The van der Waals surface area contributed by atoms with Crippen molar-refractivity contribution in [2.45, 2.75) is 13.0 Å². The number of para-hydroxylation sites is 2. The maximum absolute atomic E-state index is 13.5. The number of benzene rings is 4. The van der Waals surface area contributed by atoms with Gasteiger partial charge in [-0.05, 0) is 35.4 Å². The molecule has 4 aromatic rings. The van der Waals surface area contributed by atoms with E-state index >= 15 is 0 Å². The van der Waals surface area contributed by atoms with Gasteiger partial charge in [-0.25, -0.2) is 0 Å². The summed E-state index contributed by atoms with van der Waals surface area (Å²) in [6.45, 7) is 1.89. The molecular weight excluding hydrogens is 426 g/mol. The van der Waals surface area contributed by atoms with Gasteiger partial charge >= 0.3 is 0 Å². The van der Waals surface area contributed by atoms with Crippen LogP contribution in [-0.4, -0.2) is 23.9 Å². The molecule has 1 N–H and O–H groups in total. The molecule has 1 heterocycles. The van der Waals surface area contributed by atoms with E-state index in [1.165, 1.54) is 4.90 Å². The van der Waals surface area contributed by atoms with Crippen LogP contribution in [0.5, 0.6) is 5.75 Å². The molecule has 4 aromatic carbocycles. The van der Waals surface area contributed by atoms with Gasteiger partial charge in [-0.1, -0.05) is 78.9 Å². The molecule has 1 amide bonds. The summed E-state index contributed by atoms with van der Waals surface area (Å²) in [7, 11) is 1.55. The lowest BCUT2D eigenvalue weighted by atomic mass is 9.92. The molecule has 34 heavy (non-hydrogen) atoms. The summed E-state index contributed by atoms with van der Waals surface area (Å²) in [5.41, 5.74) is 2.61. The Bertz CT molecular complexity index is 1460. The van der Waals surface area contributed by atoms with Crippen LogP contribution in [0.3, 0.4) is 0 Å². The van der Waals surface area contributed by atoms with Gasteiger partial charge in [0.25, 0.3) is 11.7 Å². The lowest BCUT2D eigenvalue weighted by Gasteiger charge is -2.27. The summed E-state index contributed by atoms with van der Waals surface area (Å²) in [6, 6.07) is 26.9. The number of ketones is 1. The summed E-state index contributed by atoms with van der Waals surface area (Å²) in [6.07, 6.45) is 0. The molecule has 0 spiro atoms. The van der Waals surface area contributed by atoms with Crippen LogP contribution in [0, 0.1) is 6.92 Å². The van der Waals surface area contributed by atoms with E-state index in [4.69, 9.17) is 4.74 Å². The molecule has 1 atom stereocenters. The second kappa shape index (κ2) is 8.52. The van der Waals surface area contributed by atoms with Crippen LogP contribution < -0.4 is 9.64 Å². The average Bonchev–Trinajstić information content (AvgIpc) is 3.13. The fourth-order valence-corrected chi connectivity index (χ4v) is 4.68. The Morgan fingerprint density at radius 3 is 2.32 bits per heavy atom. The molecule has 0 radical (unpaired) electrons. The number of carbonyl (C=O) groups excluding carboxylic acids is 2. The maximum Gasteiger partial charge on any atom is 0.300 e. The molecule has 5 heteroatoms. The maximum atomic E-state index is 13.5. The van der Waals surface area contributed by atoms with Crippen LogP contribution >= 0.6 is 0 Å². The van der Waals surface area contributed by atoms with E-state index in [1.54, 1.807) is 25.3 Å². The van der Waals surface area contributed by atoms with E-state index < -0.39 is 17.7 Å².